The first-order valence-corrected chi connectivity index (χ1v) is 8.08. The second-order valence-corrected chi connectivity index (χ2v) is 6.98. The van der Waals surface area contributed by atoms with E-state index < -0.39 is 0 Å². The third kappa shape index (κ3) is 4.16. The Morgan fingerprint density at radius 1 is 1.33 bits per heavy atom. The minimum absolute atomic E-state index is 0.178. The highest BCUT2D eigenvalue weighted by atomic mass is 35.5. The molecular formula is C16H24ClN3O. The highest BCUT2D eigenvalue weighted by Gasteiger charge is 2.32. The molecule has 1 heterocycles. The molecule has 1 fully saturated rings. The minimum Gasteiger partial charge on any atom is -0.348 e. The van der Waals surface area contributed by atoms with Crippen molar-refractivity contribution in [3.63, 3.8) is 0 Å². The lowest BCUT2D eigenvalue weighted by atomic mass is 9.69. The molecule has 1 amide bonds. The number of nitrogens with zero attached hydrogens (tertiary/aromatic N) is 2. The summed E-state index contributed by atoms with van der Waals surface area (Å²) in [4.78, 5) is 20.0. The lowest BCUT2D eigenvalue weighted by Gasteiger charge is -2.39. The van der Waals surface area contributed by atoms with Crippen molar-refractivity contribution in [1.29, 1.82) is 0 Å². The molecule has 116 valence electrons. The number of nitrogens with one attached hydrogen (secondary N) is 1. The fourth-order valence-corrected chi connectivity index (χ4v) is 3.17. The van der Waals surface area contributed by atoms with E-state index in [2.05, 4.69) is 36.1 Å². The molecule has 4 nitrogen and oxygen atoms in total. The van der Waals surface area contributed by atoms with Crippen LogP contribution in [0.15, 0.2) is 12.4 Å². The van der Waals surface area contributed by atoms with Crippen molar-refractivity contribution in [2.45, 2.75) is 58.9 Å². The lowest BCUT2D eigenvalue weighted by Crippen LogP contribution is -2.40. The largest absolute Gasteiger partial charge is 0.348 e. The zero-order valence-electron chi connectivity index (χ0n) is 13.0. The third-order valence-corrected chi connectivity index (χ3v) is 5.10. The van der Waals surface area contributed by atoms with Crippen LogP contribution in [0, 0.1) is 11.3 Å². The Balaban J connectivity index is 1.88. The first-order valence-electron chi connectivity index (χ1n) is 7.71. The SMILES string of the molecule is CCC(C)(C)C1CCC(NC(=O)c2cncc(Cl)n2)CC1. The molecule has 0 saturated heterocycles. The lowest BCUT2D eigenvalue weighted by molar-refractivity contribution is 0.0888. The molecule has 21 heavy (non-hydrogen) atoms. The van der Waals surface area contributed by atoms with E-state index in [9.17, 15) is 4.79 Å². The van der Waals surface area contributed by atoms with E-state index in [0.717, 1.165) is 18.8 Å². The van der Waals surface area contributed by atoms with Crippen LogP contribution >= 0.6 is 11.6 Å². The summed E-state index contributed by atoms with van der Waals surface area (Å²) in [7, 11) is 0. The number of carbonyl (C=O) groups excluding carboxylic acids is 1. The molecule has 0 aliphatic heterocycles. The molecule has 0 unspecified atom stereocenters. The smallest absolute Gasteiger partial charge is 0.271 e. The van der Waals surface area contributed by atoms with Gasteiger partial charge in [0.25, 0.3) is 5.91 Å². The van der Waals surface area contributed by atoms with Crippen LogP contribution in [0.4, 0.5) is 0 Å². The standard InChI is InChI=1S/C16H24ClN3O/c1-4-16(2,3)11-5-7-12(8-6-11)19-15(21)13-9-18-10-14(17)20-13/h9-12H,4-8H2,1-3H3,(H,19,21). The van der Waals surface area contributed by atoms with Gasteiger partial charge >= 0.3 is 0 Å². The Morgan fingerprint density at radius 3 is 2.57 bits per heavy atom. The number of rotatable bonds is 4. The molecule has 1 N–H and O–H groups in total. The summed E-state index contributed by atoms with van der Waals surface area (Å²) >= 11 is 5.76. The highest BCUT2D eigenvalue weighted by molar-refractivity contribution is 6.29. The maximum atomic E-state index is 12.1. The summed E-state index contributed by atoms with van der Waals surface area (Å²) in [5, 5.41) is 3.30. The predicted octanol–water partition coefficient (Wildman–Crippen LogP) is 3.85. The van der Waals surface area contributed by atoms with Gasteiger partial charge in [-0.1, -0.05) is 38.8 Å². The van der Waals surface area contributed by atoms with Gasteiger partial charge in [0.05, 0.1) is 12.4 Å². The number of carbonyl (C=O) groups is 1. The van der Waals surface area contributed by atoms with Crippen LogP contribution in [-0.2, 0) is 0 Å². The Labute approximate surface area is 131 Å². The maximum Gasteiger partial charge on any atom is 0.271 e. The number of hydrogen-bond donors (Lipinski definition) is 1. The van der Waals surface area contributed by atoms with Crippen molar-refractivity contribution in [1.82, 2.24) is 15.3 Å². The highest BCUT2D eigenvalue weighted by Crippen LogP contribution is 2.40. The summed E-state index contributed by atoms with van der Waals surface area (Å²) < 4.78 is 0. The quantitative estimate of drug-likeness (QED) is 0.919. The molecule has 1 saturated carbocycles. The fraction of sp³-hybridized carbons (Fsp3) is 0.688. The summed E-state index contributed by atoms with van der Waals surface area (Å²) in [6.07, 6.45) is 8.50. The van der Waals surface area contributed by atoms with Gasteiger partial charge in [-0.25, -0.2) is 4.98 Å². The maximum absolute atomic E-state index is 12.1. The topological polar surface area (TPSA) is 54.9 Å². The average Bonchev–Trinajstić information content (AvgIpc) is 2.48. The Morgan fingerprint density at radius 2 is 2.00 bits per heavy atom. The Bertz CT molecular complexity index is 496. The van der Waals surface area contributed by atoms with E-state index in [-0.39, 0.29) is 17.1 Å². The molecule has 1 aromatic heterocycles. The molecule has 1 aliphatic carbocycles. The van der Waals surface area contributed by atoms with E-state index in [1.54, 1.807) is 0 Å². The van der Waals surface area contributed by atoms with Crippen LogP contribution in [0.1, 0.15) is 63.4 Å². The van der Waals surface area contributed by atoms with Crippen LogP contribution in [0.3, 0.4) is 0 Å². The summed E-state index contributed by atoms with van der Waals surface area (Å²) in [5.74, 6) is 0.574. The van der Waals surface area contributed by atoms with Gasteiger partial charge in [0.15, 0.2) is 0 Å². The minimum atomic E-state index is -0.178. The first kappa shape index (κ1) is 16.2. The first-order chi connectivity index (χ1) is 9.92. The van der Waals surface area contributed by atoms with E-state index in [1.807, 2.05) is 0 Å². The van der Waals surface area contributed by atoms with Crippen LogP contribution in [0.5, 0.6) is 0 Å². The number of hydrogen-bond acceptors (Lipinski definition) is 3. The van der Waals surface area contributed by atoms with Crippen LogP contribution in [0.25, 0.3) is 0 Å². The Hall–Kier alpha value is -1.16. The molecule has 2 rings (SSSR count). The molecular weight excluding hydrogens is 286 g/mol. The van der Waals surface area contributed by atoms with Crippen molar-refractivity contribution in [3.8, 4) is 0 Å². The van der Waals surface area contributed by atoms with Crippen LogP contribution in [-0.4, -0.2) is 21.9 Å². The Kier molecular flexibility index (Phi) is 5.20. The zero-order chi connectivity index (χ0) is 15.5. The van der Waals surface area contributed by atoms with Crippen molar-refractivity contribution in [2.24, 2.45) is 11.3 Å². The molecule has 0 radical (unpaired) electrons. The van der Waals surface area contributed by atoms with Crippen LogP contribution < -0.4 is 5.32 Å². The zero-order valence-corrected chi connectivity index (χ0v) is 13.8. The number of halogens is 1. The van der Waals surface area contributed by atoms with E-state index in [4.69, 9.17) is 11.6 Å². The van der Waals surface area contributed by atoms with Gasteiger partial charge < -0.3 is 5.32 Å². The molecule has 0 bridgehead atoms. The van der Waals surface area contributed by atoms with E-state index >= 15 is 0 Å². The summed E-state index contributed by atoms with van der Waals surface area (Å²) in [6.45, 7) is 6.95. The van der Waals surface area contributed by atoms with Crippen LogP contribution in [0.2, 0.25) is 5.15 Å². The molecule has 0 atom stereocenters. The van der Waals surface area contributed by atoms with Gasteiger partial charge in [0, 0.05) is 6.04 Å². The second-order valence-electron chi connectivity index (χ2n) is 6.59. The molecule has 0 spiro atoms. The van der Waals surface area contributed by atoms with Gasteiger partial charge in [-0.3, -0.25) is 9.78 Å². The van der Waals surface area contributed by atoms with Crippen molar-refractivity contribution in [2.75, 3.05) is 0 Å². The number of amides is 1. The second kappa shape index (κ2) is 6.73. The monoisotopic (exact) mass is 309 g/mol. The van der Waals surface area contributed by atoms with Gasteiger partial charge in [-0.15, -0.1) is 0 Å². The molecule has 1 aromatic rings. The fourth-order valence-electron chi connectivity index (χ4n) is 3.02. The van der Waals surface area contributed by atoms with E-state index in [0.29, 0.717) is 11.1 Å². The molecule has 1 aliphatic rings. The third-order valence-electron chi connectivity index (χ3n) is 4.92. The molecule has 0 aromatic carbocycles. The number of aromatic nitrogens is 2. The van der Waals surface area contributed by atoms with Gasteiger partial charge in [-0.2, -0.15) is 0 Å². The van der Waals surface area contributed by atoms with E-state index in [1.165, 1.54) is 31.7 Å². The van der Waals surface area contributed by atoms with Crippen molar-refractivity contribution in [3.05, 3.63) is 23.2 Å². The summed E-state index contributed by atoms with van der Waals surface area (Å²) in [5.41, 5.74) is 0.687. The van der Waals surface area contributed by atoms with Crippen molar-refractivity contribution < 1.29 is 4.79 Å². The predicted molar refractivity (Wildman–Crippen MR) is 84.3 cm³/mol. The van der Waals surface area contributed by atoms with Crippen molar-refractivity contribution >= 4 is 17.5 Å². The van der Waals surface area contributed by atoms with Gasteiger partial charge in [0.1, 0.15) is 10.8 Å². The van der Waals surface area contributed by atoms with Gasteiger partial charge in [0.2, 0.25) is 0 Å². The van der Waals surface area contributed by atoms with Gasteiger partial charge in [-0.05, 0) is 37.0 Å². The molecule has 5 heteroatoms. The average molecular weight is 310 g/mol. The summed E-state index contributed by atoms with van der Waals surface area (Å²) in [6, 6.07) is 0.238. The normalized spacial score (nSPS) is 22.9.